The number of carbonyl (C=O) groups excluding carboxylic acids is 1. The van der Waals surface area contributed by atoms with Gasteiger partial charge in [-0.15, -0.1) is 0 Å². The van der Waals surface area contributed by atoms with Crippen LogP contribution in [0, 0.1) is 6.92 Å². The number of anilines is 1. The highest BCUT2D eigenvalue weighted by Gasteiger charge is 2.23. The van der Waals surface area contributed by atoms with Gasteiger partial charge in [-0.1, -0.05) is 29.4 Å². The van der Waals surface area contributed by atoms with Gasteiger partial charge in [0.15, 0.2) is 0 Å². The SMILES string of the molecule is Cc1noc2nc(CCC(=O)N[C@@H]3CCCc4ccccc43)nc(N3CCCCC3)c12. The van der Waals surface area contributed by atoms with E-state index < -0.39 is 0 Å². The summed E-state index contributed by atoms with van der Waals surface area (Å²) >= 11 is 0. The van der Waals surface area contributed by atoms with Crippen molar-refractivity contribution in [2.45, 2.75) is 64.3 Å². The molecule has 1 saturated heterocycles. The van der Waals surface area contributed by atoms with Crippen molar-refractivity contribution in [3.63, 3.8) is 0 Å². The lowest BCUT2D eigenvalue weighted by molar-refractivity contribution is -0.121. The van der Waals surface area contributed by atoms with Crippen LogP contribution < -0.4 is 10.2 Å². The number of hydrogen-bond donors (Lipinski definition) is 1. The van der Waals surface area contributed by atoms with E-state index in [0.717, 1.165) is 62.1 Å². The number of benzene rings is 1. The van der Waals surface area contributed by atoms with Gasteiger partial charge in [-0.2, -0.15) is 4.98 Å². The van der Waals surface area contributed by atoms with Gasteiger partial charge < -0.3 is 14.7 Å². The molecule has 0 unspecified atom stereocenters. The number of piperidine rings is 1. The van der Waals surface area contributed by atoms with Crippen molar-refractivity contribution < 1.29 is 9.32 Å². The summed E-state index contributed by atoms with van der Waals surface area (Å²) in [6, 6.07) is 8.52. The van der Waals surface area contributed by atoms with Crippen molar-refractivity contribution in [1.82, 2.24) is 20.4 Å². The van der Waals surface area contributed by atoms with E-state index >= 15 is 0 Å². The highest BCUT2D eigenvalue weighted by molar-refractivity contribution is 5.88. The van der Waals surface area contributed by atoms with E-state index in [0.29, 0.717) is 24.4 Å². The van der Waals surface area contributed by atoms with Crippen LogP contribution in [-0.2, 0) is 17.6 Å². The largest absolute Gasteiger partial charge is 0.356 e. The number of nitrogens with one attached hydrogen (secondary N) is 1. The lowest BCUT2D eigenvalue weighted by Crippen LogP contribution is -2.31. The first kappa shape index (κ1) is 20.0. The minimum Gasteiger partial charge on any atom is -0.356 e. The van der Waals surface area contributed by atoms with Crippen LogP contribution in [0.15, 0.2) is 28.8 Å². The molecule has 0 saturated carbocycles. The van der Waals surface area contributed by atoms with E-state index in [2.05, 4.69) is 38.6 Å². The molecular weight excluding hydrogens is 390 g/mol. The smallest absolute Gasteiger partial charge is 0.263 e. The molecule has 3 heterocycles. The second-order valence-corrected chi connectivity index (χ2v) is 8.67. The van der Waals surface area contributed by atoms with Crippen molar-refractivity contribution in [3.05, 3.63) is 46.9 Å². The minimum absolute atomic E-state index is 0.0404. The van der Waals surface area contributed by atoms with Gasteiger partial charge in [0.05, 0.1) is 11.7 Å². The molecule has 162 valence electrons. The topological polar surface area (TPSA) is 84.1 Å². The maximum Gasteiger partial charge on any atom is 0.263 e. The number of carbonyl (C=O) groups is 1. The molecule has 2 aromatic heterocycles. The Bertz CT molecular complexity index is 1090. The fourth-order valence-corrected chi connectivity index (χ4v) is 4.85. The second kappa shape index (κ2) is 8.65. The molecule has 0 bridgehead atoms. The molecule has 1 fully saturated rings. The van der Waals surface area contributed by atoms with E-state index in [1.165, 1.54) is 17.5 Å². The van der Waals surface area contributed by atoms with Crippen LogP contribution in [0.3, 0.4) is 0 Å². The van der Waals surface area contributed by atoms with Crippen LogP contribution in [0.2, 0.25) is 0 Å². The van der Waals surface area contributed by atoms with Crippen molar-refractivity contribution in [2.24, 2.45) is 0 Å². The Labute approximate surface area is 182 Å². The van der Waals surface area contributed by atoms with Gasteiger partial charge in [0.2, 0.25) is 5.91 Å². The number of hydrogen-bond acceptors (Lipinski definition) is 6. The first-order valence-electron chi connectivity index (χ1n) is 11.4. The lowest BCUT2D eigenvalue weighted by atomic mass is 9.87. The first-order valence-corrected chi connectivity index (χ1v) is 11.4. The highest BCUT2D eigenvalue weighted by Crippen LogP contribution is 2.30. The summed E-state index contributed by atoms with van der Waals surface area (Å²) < 4.78 is 5.46. The summed E-state index contributed by atoms with van der Waals surface area (Å²) in [5.74, 6) is 1.59. The van der Waals surface area contributed by atoms with Gasteiger partial charge in [0.1, 0.15) is 17.0 Å². The second-order valence-electron chi connectivity index (χ2n) is 8.67. The Morgan fingerprint density at radius 3 is 2.87 bits per heavy atom. The van der Waals surface area contributed by atoms with Crippen LogP contribution in [0.5, 0.6) is 0 Å². The normalized spacial score (nSPS) is 18.7. The number of aromatic nitrogens is 3. The van der Waals surface area contributed by atoms with Crippen LogP contribution in [0.25, 0.3) is 11.1 Å². The summed E-state index contributed by atoms with van der Waals surface area (Å²) in [4.78, 5) is 24.4. The van der Waals surface area contributed by atoms with Gasteiger partial charge in [-0.25, -0.2) is 4.98 Å². The zero-order valence-electron chi connectivity index (χ0n) is 18.1. The Morgan fingerprint density at radius 2 is 2.00 bits per heavy atom. The summed E-state index contributed by atoms with van der Waals surface area (Å²) in [7, 11) is 0. The van der Waals surface area contributed by atoms with E-state index in [1.54, 1.807) is 0 Å². The quantitative estimate of drug-likeness (QED) is 0.672. The maximum atomic E-state index is 12.7. The average Bonchev–Trinajstić information content (AvgIpc) is 3.19. The van der Waals surface area contributed by atoms with Crippen molar-refractivity contribution in [2.75, 3.05) is 18.0 Å². The van der Waals surface area contributed by atoms with E-state index in [4.69, 9.17) is 9.51 Å². The molecule has 7 heteroatoms. The summed E-state index contributed by atoms with van der Waals surface area (Å²) in [5.41, 5.74) is 3.93. The molecular formula is C24H29N5O2. The average molecular weight is 420 g/mol. The molecule has 0 radical (unpaired) electrons. The monoisotopic (exact) mass is 419 g/mol. The third-order valence-corrected chi connectivity index (χ3v) is 6.47. The van der Waals surface area contributed by atoms with Gasteiger partial charge in [0, 0.05) is 25.9 Å². The van der Waals surface area contributed by atoms with Crippen LogP contribution >= 0.6 is 0 Å². The molecule has 1 amide bonds. The molecule has 5 rings (SSSR count). The fraction of sp³-hybridized carbons (Fsp3) is 0.500. The van der Waals surface area contributed by atoms with Crippen molar-refractivity contribution in [1.29, 1.82) is 0 Å². The molecule has 1 atom stereocenters. The zero-order valence-corrected chi connectivity index (χ0v) is 18.1. The number of rotatable bonds is 5. The Balaban J connectivity index is 1.30. The van der Waals surface area contributed by atoms with Crippen LogP contribution in [0.4, 0.5) is 5.82 Å². The minimum atomic E-state index is 0.0404. The molecule has 2 aliphatic rings. The molecule has 1 aromatic carbocycles. The first-order chi connectivity index (χ1) is 15.2. The predicted octanol–water partition coefficient (Wildman–Crippen LogP) is 4.04. The summed E-state index contributed by atoms with van der Waals surface area (Å²) in [5, 5.41) is 8.22. The molecule has 7 nitrogen and oxygen atoms in total. The van der Waals surface area contributed by atoms with Gasteiger partial charge in [-0.3, -0.25) is 4.79 Å². The van der Waals surface area contributed by atoms with Gasteiger partial charge in [-0.05, 0) is 56.6 Å². The summed E-state index contributed by atoms with van der Waals surface area (Å²) in [6.45, 7) is 3.90. The Morgan fingerprint density at radius 1 is 1.16 bits per heavy atom. The molecule has 1 aliphatic carbocycles. The summed E-state index contributed by atoms with van der Waals surface area (Å²) in [6.07, 6.45) is 7.60. The number of fused-ring (bicyclic) bond motifs is 2. The van der Waals surface area contributed by atoms with E-state index in [1.807, 2.05) is 13.0 Å². The van der Waals surface area contributed by atoms with E-state index in [-0.39, 0.29) is 11.9 Å². The third-order valence-electron chi connectivity index (χ3n) is 6.47. The van der Waals surface area contributed by atoms with Crippen LogP contribution in [-0.4, -0.2) is 34.1 Å². The number of amides is 1. The number of aryl methyl sites for hydroxylation is 3. The third kappa shape index (κ3) is 4.13. The molecule has 1 aliphatic heterocycles. The standard InChI is InChI=1S/C24H29N5O2/c1-16-22-23(29-14-5-2-6-15-29)26-20(27-24(22)31-28-16)12-13-21(30)25-19-11-7-9-17-8-3-4-10-18(17)19/h3-4,8,10,19H,2,5-7,9,11-15H2,1H3,(H,25,30)/t19-/m1/s1. The van der Waals surface area contributed by atoms with E-state index in [9.17, 15) is 4.79 Å². The highest BCUT2D eigenvalue weighted by atomic mass is 16.5. The lowest BCUT2D eigenvalue weighted by Gasteiger charge is -2.28. The van der Waals surface area contributed by atoms with Gasteiger partial charge in [0.25, 0.3) is 5.71 Å². The molecule has 0 spiro atoms. The molecule has 3 aromatic rings. The predicted molar refractivity (Wildman–Crippen MR) is 119 cm³/mol. The number of nitrogens with zero attached hydrogens (tertiary/aromatic N) is 4. The molecule has 31 heavy (non-hydrogen) atoms. The van der Waals surface area contributed by atoms with Crippen molar-refractivity contribution >= 4 is 22.8 Å². The fourth-order valence-electron chi connectivity index (χ4n) is 4.85. The van der Waals surface area contributed by atoms with Crippen molar-refractivity contribution in [3.8, 4) is 0 Å². The Hall–Kier alpha value is -2.96. The maximum absolute atomic E-state index is 12.7. The zero-order chi connectivity index (χ0) is 21.2. The van der Waals surface area contributed by atoms with Gasteiger partial charge >= 0.3 is 0 Å². The van der Waals surface area contributed by atoms with Crippen LogP contribution in [0.1, 0.15) is 67.2 Å². The molecule has 1 N–H and O–H groups in total. The Kier molecular flexibility index (Phi) is 5.57.